The number of nitrogens with zero attached hydrogens (tertiary/aromatic N) is 1. The summed E-state index contributed by atoms with van der Waals surface area (Å²) in [5, 5.41) is 14.1. The normalized spacial score (nSPS) is 24.4. The Balaban J connectivity index is 1.65. The van der Waals surface area contributed by atoms with Crippen LogP contribution in [0.3, 0.4) is 0 Å². The first-order valence-electron chi connectivity index (χ1n) is 11.2. The van der Waals surface area contributed by atoms with Crippen molar-refractivity contribution in [2.75, 3.05) is 37.6 Å². The first kappa shape index (κ1) is 19.5. The van der Waals surface area contributed by atoms with Gasteiger partial charge in [-0.15, -0.1) is 0 Å². The number of anilines is 2. The molecule has 0 spiro atoms. The Kier molecular flexibility index (Phi) is 4.37. The predicted octanol–water partition coefficient (Wildman–Crippen LogP) is 4.91. The molecule has 3 heterocycles. The molecule has 0 saturated heterocycles. The lowest BCUT2D eigenvalue weighted by Crippen LogP contribution is -2.46. The monoisotopic (exact) mass is 428 g/mol. The zero-order valence-corrected chi connectivity index (χ0v) is 18.6. The van der Waals surface area contributed by atoms with Crippen molar-refractivity contribution in [1.29, 1.82) is 0 Å². The summed E-state index contributed by atoms with van der Waals surface area (Å²) in [4.78, 5) is 2.48. The number of fused-ring (bicyclic) bond motifs is 10. The van der Waals surface area contributed by atoms with E-state index in [4.69, 9.17) is 9.47 Å². The zero-order chi connectivity index (χ0) is 22.0. The highest BCUT2D eigenvalue weighted by Gasteiger charge is 2.51. The van der Waals surface area contributed by atoms with Crippen molar-refractivity contribution in [2.24, 2.45) is 0 Å². The third-order valence-electron chi connectivity index (χ3n) is 7.47. The number of rotatable bonds is 3. The minimum Gasteiger partial charge on any atom is -0.497 e. The van der Waals surface area contributed by atoms with E-state index in [0.29, 0.717) is 0 Å². The lowest BCUT2D eigenvalue weighted by atomic mass is 9.71. The van der Waals surface area contributed by atoms with E-state index in [-0.39, 0.29) is 30.5 Å². The maximum absolute atomic E-state index is 10.3. The van der Waals surface area contributed by atoms with Crippen LogP contribution in [-0.4, -0.2) is 32.5 Å². The lowest BCUT2D eigenvalue weighted by molar-refractivity contribution is 0.253. The summed E-state index contributed by atoms with van der Waals surface area (Å²) in [5.41, 5.74) is 8.66. The van der Waals surface area contributed by atoms with Gasteiger partial charge in [-0.25, -0.2) is 0 Å². The van der Waals surface area contributed by atoms with E-state index < -0.39 is 0 Å². The average Bonchev–Trinajstić information content (AvgIpc) is 3.20. The minimum absolute atomic E-state index is 0.0652. The molecule has 0 bridgehead atoms. The number of aliphatic hydroxyl groups is 1. The molecule has 0 aromatic heterocycles. The van der Waals surface area contributed by atoms with Crippen LogP contribution in [0.4, 0.5) is 11.4 Å². The average molecular weight is 429 g/mol. The molecule has 32 heavy (non-hydrogen) atoms. The molecule has 0 unspecified atom stereocenters. The molecule has 5 heteroatoms. The van der Waals surface area contributed by atoms with Gasteiger partial charge in [0.15, 0.2) is 0 Å². The van der Waals surface area contributed by atoms with Crippen molar-refractivity contribution in [1.82, 2.24) is 0 Å². The third kappa shape index (κ3) is 2.61. The van der Waals surface area contributed by atoms with Crippen molar-refractivity contribution in [3.63, 3.8) is 0 Å². The summed E-state index contributed by atoms with van der Waals surface area (Å²) in [6, 6.07) is 19.7. The molecule has 3 aliphatic rings. The lowest BCUT2D eigenvalue weighted by Gasteiger charge is -2.50. The van der Waals surface area contributed by atoms with E-state index in [1.54, 1.807) is 14.2 Å². The van der Waals surface area contributed by atoms with Crippen LogP contribution in [0.1, 0.15) is 51.7 Å². The van der Waals surface area contributed by atoms with Crippen LogP contribution < -0.4 is 19.7 Å². The van der Waals surface area contributed by atoms with Crippen LogP contribution in [0, 0.1) is 6.92 Å². The summed E-state index contributed by atoms with van der Waals surface area (Å²) in [6.07, 6.45) is 0. The number of methoxy groups -OCH3 is 2. The Morgan fingerprint density at radius 1 is 1.00 bits per heavy atom. The molecule has 0 radical (unpaired) electrons. The Morgan fingerprint density at radius 3 is 2.56 bits per heavy atom. The fourth-order valence-corrected chi connectivity index (χ4v) is 6.12. The first-order chi connectivity index (χ1) is 15.6. The predicted molar refractivity (Wildman–Crippen MR) is 126 cm³/mol. The SMILES string of the molecule is COc1cc(OC)c2c(c1)N1C[C@H](CO)c3ccccc3[C@H]1[C@H]1c3cc(C)ccc3N[C@@H]21. The third-order valence-corrected chi connectivity index (χ3v) is 7.47. The Hall–Kier alpha value is -3.18. The summed E-state index contributed by atoms with van der Waals surface area (Å²) < 4.78 is 11.5. The van der Waals surface area contributed by atoms with Gasteiger partial charge in [-0.3, -0.25) is 0 Å². The first-order valence-corrected chi connectivity index (χ1v) is 11.2. The molecular formula is C27H28N2O3. The number of hydrogen-bond acceptors (Lipinski definition) is 5. The minimum atomic E-state index is 0.0652. The summed E-state index contributed by atoms with van der Waals surface area (Å²) in [6.45, 7) is 3.04. The fourth-order valence-electron chi connectivity index (χ4n) is 6.12. The van der Waals surface area contributed by atoms with E-state index in [2.05, 4.69) is 65.7 Å². The Bertz CT molecular complexity index is 1210. The molecule has 5 nitrogen and oxygen atoms in total. The van der Waals surface area contributed by atoms with Crippen LogP contribution in [0.25, 0.3) is 0 Å². The van der Waals surface area contributed by atoms with E-state index in [9.17, 15) is 5.11 Å². The number of aliphatic hydroxyl groups excluding tert-OH is 1. The second-order valence-corrected chi connectivity index (χ2v) is 9.11. The highest BCUT2D eigenvalue weighted by Crippen LogP contribution is 2.62. The fraction of sp³-hybridized carbons (Fsp3) is 0.333. The standard InChI is InChI=1S/C27H28N2O3/c1-15-8-9-21-20(10-15)24-26(28-21)25-22(11-17(31-2)12-23(25)32-3)29-13-16(14-30)18-6-4-5-7-19(18)27(24)29/h4-12,16,24,26-28,30H,13-14H2,1-3H3/t16-,24+,26-,27+/m1/s1. The summed E-state index contributed by atoms with van der Waals surface area (Å²) >= 11 is 0. The van der Waals surface area contributed by atoms with Gasteiger partial charge in [0.1, 0.15) is 11.5 Å². The van der Waals surface area contributed by atoms with Gasteiger partial charge in [0.05, 0.1) is 32.9 Å². The van der Waals surface area contributed by atoms with Crippen LogP contribution in [0.15, 0.2) is 54.6 Å². The van der Waals surface area contributed by atoms with Crippen LogP contribution >= 0.6 is 0 Å². The second-order valence-electron chi connectivity index (χ2n) is 9.11. The maximum atomic E-state index is 10.3. The van der Waals surface area contributed by atoms with Gasteiger partial charge in [-0.2, -0.15) is 0 Å². The molecule has 0 amide bonds. The van der Waals surface area contributed by atoms with E-state index >= 15 is 0 Å². The molecular weight excluding hydrogens is 400 g/mol. The van der Waals surface area contributed by atoms with Crippen molar-refractivity contribution in [2.45, 2.75) is 30.8 Å². The Labute approximate surface area is 188 Å². The largest absolute Gasteiger partial charge is 0.497 e. The molecule has 2 N–H and O–H groups in total. The quantitative estimate of drug-likeness (QED) is 0.621. The summed E-state index contributed by atoms with van der Waals surface area (Å²) in [7, 11) is 3.42. The topological polar surface area (TPSA) is 54.0 Å². The highest BCUT2D eigenvalue weighted by molar-refractivity contribution is 5.75. The number of ether oxygens (including phenoxy) is 2. The van der Waals surface area contributed by atoms with Gasteiger partial charge in [0.25, 0.3) is 0 Å². The molecule has 3 aliphatic heterocycles. The van der Waals surface area contributed by atoms with Gasteiger partial charge in [-0.05, 0) is 29.7 Å². The number of benzene rings is 3. The molecule has 6 rings (SSSR count). The van der Waals surface area contributed by atoms with Crippen molar-refractivity contribution in [3.8, 4) is 11.5 Å². The zero-order valence-electron chi connectivity index (χ0n) is 18.6. The van der Waals surface area contributed by atoms with E-state index in [0.717, 1.165) is 23.7 Å². The van der Waals surface area contributed by atoms with Crippen LogP contribution in [-0.2, 0) is 0 Å². The van der Waals surface area contributed by atoms with Gasteiger partial charge in [-0.1, -0.05) is 42.0 Å². The Morgan fingerprint density at radius 2 is 1.81 bits per heavy atom. The molecule has 3 aromatic rings. The van der Waals surface area contributed by atoms with Crippen LogP contribution in [0.2, 0.25) is 0 Å². The van der Waals surface area contributed by atoms with Gasteiger partial charge < -0.3 is 24.8 Å². The number of hydrogen-bond donors (Lipinski definition) is 2. The highest BCUT2D eigenvalue weighted by atomic mass is 16.5. The number of nitrogens with one attached hydrogen (secondary N) is 1. The van der Waals surface area contributed by atoms with E-state index in [1.807, 2.05) is 6.07 Å². The summed E-state index contributed by atoms with van der Waals surface area (Å²) in [5.74, 6) is 1.92. The number of aryl methyl sites for hydroxylation is 1. The molecule has 4 atom stereocenters. The second kappa shape index (κ2) is 7.17. The van der Waals surface area contributed by atoms with Gasteiger partial charge in [0.2, 0.25) is 0 Å². The van der Waals surface area contributed by atoms with Crippen molar-refractivity contribution in [3.05, 3.63) is 82.4 Å². The molecule has 0 saturated carbocycles. The smallest absolute Gasteiger partial charge is 0.129 e. The van der Waals surface area contributed by atoms with Crippen molar-refractivity contribution < 1.29 is 14.6 Å². The molecule has 3 aromatic carbocycles. The molecule has 0 fully saturated rings. The molecule has 0 aliphatic carbocycles. The van der Waals surface area contributed by atoms with Gasteiger partial charge >= 0.3 is 0 Å². The van der Waals surface area contributed by atoms with Gasteiger partial charge in [0, 0.05) is 47.5 Å². The molecule has 164 valence electrons. The van der Waals surface area contributed by atoms with Crippen molar-refractivity contribution >= 4 is 11.4 Å². The van der Waals surface area contributed by atoms with Crippen LogP contribution in [0.5, 0.6) is 11.5 Å². The maximum Gasteiger partial charge on any atom is 0.129 e. The van der Waals surface area contributed by atoms with E-state index in [1.165, 1.54) is 33.5 Å².